The third-order valence-corrected chi connectivity index (χ3v) is 4.39. The number of hydrogen-bond donors (Lipinski definition) is 1. The van der Waals surface area contributed by atoms with Gasteiger partial charge >= 0.3 is 0 Å². The summed E-state index contributed by atoms with van der Waals surface area (Å²) in [5, 5.41) is 4.06. The molecular formula is C18H24Cl2N2O. The van der Waals surface area contributed by atoms with Crippen molar-refractivity contribution in [2.75, 3.05) is 19.6 Å². The maximum Gasteiger partial charge on any atom is 0.226 e. The second-order valence-electron chi connectivity index (χ2n) is 5.52. The van der Waals surface area contributed by atoms with Crippen molar-refractivity contribution < 1.29 is 4.79 Å². The van der Waals surface area contributed by atoms with E-state index in [1.54, 1.807) is 12.2 Å². The maximum atomic E-state index is 12.9. The largest absolute Gasteiger partial charge is 0.333 e. The monoisotopic (exact) mass is 354 g/mol. The van der Waals surface area contributed by atoms with Gasteiger partial charge in [0.1, 0.15) is 0 Å². The predicted molar refractivity (Wildman–Crippen MR) is 99.1 cm³/mol. The van der Waals surface area contributed by atoms with Crippen LogP contribution in [0.1, 0.15) is 24.4 Å². The molecule has 2 rings (SSSR count). The van der Waals surface area contributed by atoms with Gasteiger partial charge < -0.3 is 10.2 Å². The number of allylic oxidation sites excluding steroid dienone is 2. The maximum absolute atomic E-state index is 12.9. The zero-order valence-corrected chi connectivity index (χ0v) is 14.8. The quantitative estimate of drug-likeness (QED) is 0.783. The summed E-state index contributed by atoms with van der Waals surface area (Å²) in [5.41, 5.74) is 1.00. The van der Waals surface area contributed by atoms with Crippen LogP contribution in [0.4, 0.5) is 0 Å². The zero-order valence-electron chi connectivity index (χ0n) is 13.2. The Kier molecular flexibility index (Phi) is 8.38. The number of carbonyl (C=O) groups excluding carboxylic acids is 1. The van der Waals surface area contributed by atoms with Crippen molar-refractivity contribution in [2.24, 2.45) is 5.92 Å². The standard InChI is InChI=1S/C18H23ClN2O.ClH/c1-3-7-14(8-4-2)18(22)21-12-11-20-13-17(21)15-9-5-6-10-16(15)19;/h3-6,9-10,14,17,20H,1-2,7-8,11-13H2;1H. The van der Waals surface area contributed by atoms with Crippen LogP contribution >= 0.6 is 24.0 Å². The summed E-state index contributed by atoms with van der Waals surface area (Å²) in [7, 11) is 0. The lowest BCUT2D eigenvalue weighted by Crippen LogP contribution is -2.50. The van der Waals surface area contributed by atoms with Gasteiger partial charge in [-0.25, -0.2) is 0 Å². The van der Waals surface area contributed by atoms with Gasteiger partial charge in [-0.15, -0.1) is 25.6 Å². The summed E-state index contributed by atoms with van der Waals surface area (Å²) in [6, 6.07) is 7.72. The first kappa shape index (κ1) is 19.8. The lowest BCUT2D eigenvalue weighted by molar-refractivity contribution is -0.138. The van der Waals surface area contributed by atoms with E-state index in [4.69, 9.17) is 11.6 Å². The number of nitrogens with zero attached hydrogens (tertiary/aromatic N) is 1. The average molecular weight is 355 g/mol. The molecule has 1 aromatic rings. The number of halogens is 2. The van der Waals surface area contributed by atoms with E-state index in [1.807, 2.05) is 29.2 Å². The second kappa shape index (κ2) is 9.76. The van der Waals surface area contributed by atoms with E-state index in [2.05, 4.69) is 18.5 Å². The van der Waals surface area contributed by atoms with Crippen molar-refractivity contribution >= 4 is 29.9 Å². The summed E-state index contributed by atoms with van der Waals surface area (Å²) in [4.78, 5) is 14.9. The molecule has 126 valence electrons. The topological polar surface area (TPSA) is 32.3 Å². The smallest absolute Gasteiger partial charge is 0.226 e. The first-order valence-electron chi connectivity index (χ1n) is 7.66. The molecule has 23 heavy (non-hydrogen) atoms. The molecule has 1 aliphatic heterocycles. The fraction of sp³-hybridized carbons (Fsp3) is 0.389. The van der Waals surface area contributed by atoms with Crippen LogP contribution in [0.25, 0.3) is 0 Å². The van der Waals surface area contributed by atoms with Crippen molar-refractivity contribution in [3.05, 3.63) is 60.2 Å². The molecule has 1 heterocycles. The van der Waals surface area contributed by atoms with Crippen molar-refractivity contribution in [3.8, 4) is 0 Å². The van der Waals surface area contributed by atoms with Gasteiger partial charge in [-0.2, -0.15) is 0 Å². The predicted octanol–water partition coefficient (Wildman–Crippen LogP) is 4.00. The van der Waals surface area contributed by atoms with Gasteiger partial charge in [0, 0.05) is 30.6 Å². The Morgan fingerprint density at radius 1 is 1.35 bits per heavy atom. The number of nitrogens with one attached hydrogen (secondary N) is 1. The van der Waals surface area contributed by atoms with E-state index in [9.17, 15) is 4.79 Å². The van der Waals surface area contributed by atoms with Crippen LogP contribution in [0.5, 0.6) is 0 Å². The highest BCUT2D eigenvalue weighted by Crippen LogP contribution is 2.30. The molecule has 1 unspecified atom stereocenters. The minimum absolute atomic E-state index is 0. The molecule has 3 nitrogen and oxygen atoms in total. The molecule has 1 aliphatic rings. The van der Waals surface area contributed by atoms with Crippen molar-refractivity contribution in [3.63, 3.8) is 0 Å². The molecule has 0 aliphatic carbocycles. The summed E-state index contributed by atoms with van der Waals surface area (Å²) in [6.45, 7) is 9.75. The van der Waals surface area contributed by atoms with Gasteiger partial charge in [0.2, 0.25) is 5.91 Å². The molecule has 1 amide bonds. The second-order valence-corrected chi connectivity index (χ2v) is 5.93. The molecule has 1 fully saturated rings. The molecule has 0 bridgehead atoms. The van der Waals surface area contributed by atoms with E-state index >= 15 is 0 Å². The highest BCUT2D eigenvalue weighted by Gasteiger charge is 2.32. The lowest BCUT2D eigenvalue weighted by atomic mass is 9.96. The highest BCUT2D eigenvalue weighted by molar-refractivity contribution is 6.31. The molecule has 1 aromatic carbocycles. The number of benzene rings is 1. The Hall–Kier alpha value is -1.29. The first-order valence-corrected chi connectivity index (χ1v) is 8.04. The van der Waals surface area contributed by atoms with Crippen LogP contribution in [0.3, 0.4) is 0 Å². The first-order chi connectivity index (χ1) is 10.7. The van der Waals surface area contributed by atoms with Crippen LogP contribution in [0.2, 0.25) is 5.02 Å². The van der Waals surface area contributed by atoms with Crippen molar-refractivity contribution in [1.82, 2.24) is 10.2 Å². The normalized spacial score (nSPS) is 17.5. The zero-order chi connectivity index (χ0) is 15.9. The minimum Gasteiger partial charge on any atom is -0.333 e. The molecule has 0 aromatic heterocycles. The van der Waals surface area contributed by atoms with Gasteiger partial charge in [0.25, 0.3) is 0 Å². The summed E-state index contributed by atoms with van der Waals surface area (Å²) < 4.78 is 0. The van der Waals surface area contributed by atoms with Crippen LogP contribution in [0.15, 0.2) is 49.6 Å². The van der Waals surface area contributed by atoms with E-state index < -0.39 is 0 Å². The Balaban J connectivity index is 0.00000264. The number of piperazine rings is 1. The van der Waals surface area contributed by atoms with Crippen LogP contribution in [0, 0.1) is 5.92 Å². The van der Waals surface area contributed by atoms with E-state index in [1.165, 1.54) is 0 Å². The van der Waals surface area contributed by atoms with Gasteiger partial charge in [-0.1, -0.05) is 42.0 Å². The number of rotatable bonds is 6. The molecule has 1 atom stereocenters. The molecule has 0 spiro atoms. The van der Waals surface area contributed by atoms with Crippen molar-refractivity contribution in [2.45, 2.75) is 18.9 Å². The molecule has 1 saturated heterocycles. The molecule has 1 N–H and O–H groups in total. The third kappa shape index (κ3) is 4.84. The minimum atomic E-state index is -0.0851. The van der Waals surface area contributed by atoms with E-state index in [0.29, 0.717) is 24.4 Å². The number of carbonyl (C=O) groups is 1. The molecule has 0 saturated carbocycles. The molecule has 0 radical (unpaired) electrons. The summed E-state index contributed by atoms with van der Waals surface area (Å²) in [6.07, 6.45) is 4.95. The Morgan fingerprint density at radius 3 is 2.61 bits per heavy atom. The Labute approximate surface area is 149 Å². The van der Waals surface area contributed by atoms with Gasteiger partial charge in [-0.05, 0) is 24.5 Å². The van der Waals surface area contributed by atoms with Gasteiger partial charge in [0.05, 0.1) is 6.04 Å². The number of hydrogen-bond acceptors (Lipinski definition) is 2. The van der Waals surface area contributed by atoms with E-state index in [-0.39, 0.29) is 30.3 Å². The Morgan fingerprint density at radius 2 is 2.00 bits per heavy atom. The summed E-state index contributed by atoms with van der Waals surface area (Å²) in [5.74, 6) is 0.0734. The summed E-state index contributed by atoms with van der Waals surface area (Å²) >= 11 is 6.33. The van der Waals surface area contributed by atoms with Crippen molar-refractivity contribution in [1.29, 1.82) is 0 Å². The molecular weight excluding hydrogens is 331 g/mol. The van der Waals surface area contributed by atoms with Gasteiger partial charge in [-0.3, -0.25) is 4.79 Å². The lowest BCUT2D eigenvalue weighted by Gasteiger charge is -2.38. The molecule has 5 heteroatoms. The average Bonchev–Trinajstić information content (AvgIpc) is 2.54. The van der Waals surface area contributed by atoms with Crippen LogP contribution in [-0.2, 0) is 4.79 Å². The van der Waals surface area contributed by atoms with Gasteiger partial charge in [0.15, 0.2) is 0 Å². The fourth-order valence-corrected chi connectivity index (χ4v) is 3.19. The number of amides is 1. The van der Waals surface area contributed by atoms with E-state index in [0.717, 1.165) is 18.7 Å². The van der Waals surface area contributed by atoms with Crippen LogP contribution in [-0.4, -0.2) is 30.4 Å². The Bertz CT molecular complexity index is 538. The van der Waals surface area contributed by atoms with Crippen LogP contribution < -0.4 is 5.32 Å². The fourth-order valence-electron chi connectivity index (χ4n) is 2.93. The SMILES string of the molecule is C=CCC(CC=C)C(=O)N1CCNCC1c1ccccc1Cl.Cl. The third-order valence-electron chi connectivity index (χ3n) is 4.04. The highest BCUT2D eigenvalue weighted by atomic mass is 35.5.